The molecule has 2 amide bonds. The van der Waals surface area contributed by atoms with E-state index in [2.05, 4.69) is 20.5 Å². The molecule has 0 unspecified atom stereocenters. The Labute approximate surface area is 127 Å². The summed E-state index contributed by atoms with van der Waals surface area (Å²) >= 11 is 0. The molecule has 0 spiro atoms. The zero-order chi connectivity index (χ0) is 15.5. The molecule has 4 N–H and O–H groups in total. The van der Waals surface area contributed by atoms with Crippen molar-refractivity contribution in [2.45, 2.75) is 12.8 Å². The van der Waals surface area contributed by atoms with Gasteiger partial charge < -0.3 is 11.1 Å². The van der Waals surface area contributed by atoms with Crippen LogP contribution in [0.25, 0.3) is 11.0 Å². The second-order valence-electron chi connectivity index (χ2n) is 5.50. The lowest BCUT2D eigenvalue weighted by atomic mass is 9.95. The first kappa shape index (κ1) is 14.5. The standard InChI is InChI=1S/C14H18N6O2/c15-12(21)8-20-5-2-9(3-6-20)14(22)18-11-1-4-16-13-10(11)7-17-19-13/h1,4,7,9H,2-3,5-6,8H2,(H2,15,21)(H2,16,17,18,19,22). The van der Waals surface area contributed by atoms with Crippen molar-refractivity contribution in [2.75, 3.05) is 25.0 Å². The zero-order valence-corrected chi connectivity index (χ0v) is 12.1. The third kappa shape index (κ3) is 3.06. The number of aromatic nitrogens is 3. The van der Waals surface area contributed by atoms with Gasteiger partial charge in [-0.3, -0.25) is 19.6 Å². The fourth-order valence-corrected chi connectivity index (χ4v) is 2.77. The van der Waals surface area contributed by atoms with Gasteiger partial charge in [-0.15, -0.1) is 0 Å². The number of nitrogens with one attached hydrogen (secondary N) is 2. The van der Waals surface area contributed by atoms with Crippen molar-refractivity contribution in [3.05, 3.63) is 18.5 Å². The van der Waals surface area contributed by atoms with Crippen LogP contribution in [0, 0.1) is 5.92 Å². The highest BCUT2D eigenvalue weighted by Crippen LogP contribution is 2.23. The first-order chi connectivity index (χ1) is 10.6. The fourth-order valence-electron chi connectivity index (χ4n) is 2.77. The third-order valence-corrected chi connectivity index (χ3v) is 3.95. The molecule has 1 aliphatic heterocycles. The summed E-state index contributed by atoms with van der Waals surface area (Å²) in [6, 6.07) is 1.76. The van der Waals surface area contributed by atoms with Crippen LogP contribution in [0.5, 0.6) is 0 Å². The lowest BCUT2D eigenvalue weighted by Gasteiger charge is -2.30. The molecule has 2 aromatic heterocycles. The van der Waals surface area contributed by atoms with Gasteiger partial charge in [0.15, 0.2) is 5.65 Å². The number of carbonyl (C=O) groups is 2. The van der Waals surface area contributed by atoms with Gasteiger partial charge in [0.1, 0.15) is 0 Å². The third-order valence-electron chi connectivity index (χ3n) is 3.95. The smallest absolute Gasteiger partial charge is 0.231 e. The highest BCUT2D eigenvalue weighted by Gasteiger charge is 2.25. The number of hydrogen-bond acceptors (Lipinski definition) is 5. The number of pyridine rings is 1. The maximum absolute atomic E-state index is 12.4. The van der Waals surface area contributed by atoms with Crippen LogP contribution in [0.15, 0.2) is 18.5 Å². The molecule has 3 heterocycles. The molecule has 1 aliphatic rings. The molecule has 3 rings (SSSR count). The van der Waals surface area contributed by atoms with Gasteiger partial charge in [0.2, 0.25) is 11.8 Å². The number of carbonyl (C=O) groups excluding carboxylic acids is 2. The van der Waals surface area contributed by atoms with Crippen LogP contribution in [-0.2, 0) is 9.59 Å². The number of primary amides is 1. The van der Waals surface area contributed by atoms with Gasteiger partial charge in [0.25, 0.3) is 0 Å². The van der Waals surface area contributed by atoms with E-state index in [1.54, 1.807) is 18.5 Å². The van der Waals surface area contributed by atoms with Crippen LogP contribution >= 0.6 is 0 Å². The van der Waals surface area contributed by atoms with Crippen molar-refractivity contribution < 1.29 is 9.59 Å². The SMILES string of the molecule is NC(=O)CN1CCC(C(=O)Nc2ccnc3[nH]ncc23)CC1. The lowest BCUT2D eigenvalue weighted by Crippen LogP contribution is -2.42. The summed E-state index contributed by atoms with van der Waals surface area (Å²) in [6.45, 7) is 1.67. The first-order valence-electron chi connectivity index (χ1n) is 7.23. The molecule has 0 radical (unpaired) electrons. The number of nitrogens with zero attached hydrogens (tertiary/aromatic N) is 3. The van der Waals surface area contributed by atoms with Gasteiger partial charge in [-0.1, -0.05) is 0 Å². The average Bonchev–Trinajstić information content (AvgIpc) is 2.97. The summed E-state index contributed by atoms with van der Waals surface area (Å²) in [4.78, 5) is 29.4. The highest BCUT2D eigenvalue weighted by molar-refractivity contribution is 6.00. The topological polar surface area (TPSA) is 117 Å². The van der Waals surface area contributed by atoms with Gasteiger partial charge >= 0.3 is 0 Å². The molecule has 1 saturated heterocycles. The number of rotatable bonds is 4. The second kappa shape index (κ2) is 6.10. The van der Waals surface area contributed by atoms with Gasteiger partial charge in [-0.2, -0.15) is 5.10 Å². The van der Waals surface area contributed by atoms with Gasteiger partial charge in [-0.25, -0.2) is 4.98 Å². The molecule has 8 nitrogen and oxygen atoms in total. The van der Waals surface area contributed by atoms with E-state index < -0.39 is 0 Å². The van der Waals surface area contributed by atoms with E-state index in [4.69, 9.17) is 5.73 Å². The monoisotopic (exact) mass is 302 g/mol. The number of anilines is 1. The number of hydrogen-bond donors (Lipinski definition) is 3. The highest BCUT2D eigenvalue weighted by atomic mass is 16.2. The van der Waals surface area contributed by atoms with Crippen molar-refractivity contribution >= 4 is 28.5 Å². The number of piperidine rings is 1. The Balaban J connectivity index is 1.61. The first-order valence-corrected chi connectivity index (χ1v) is 7.23. The van der Waals surface area contributed by atoms with E-state index in [1.807, 2.05) is 4.90 Å². The number of amides is 2. The summed E-state index contributed by atoms with van der Waals surface area (Å²) in [6.07, 6.45) is 4.72. The van der Waals surface area contributed by atoms with Crippen LogP contribution in [-0.4, -0.2) is 51.5 Å². The van der Waals surface area contributed by atoms with Crippen molar-refractivity contribution in [2.24, 2.45) is 11.7 Å². The predicted octanol–water partition coefficient (Wildman–Crippen LogP) is 0.0937. The van der Waals surface area contributed by atoms with E-state index in [1.165, 1.54) is 0 Å². The Morgan fingerprint density at radius 2 is 2.18 bits per heavy atom. The molecule has 0 saturated carbocycles. The molecular weight excluding hydrogens is 284 g/mol. The Morgan fingerprint density at radius 1 is 1.41 bits per heavy atom. The number of likely N-dealkylation sites (tertiary alicyclic amines) is 1. The lowest BCUT2D eigenvalue weighted by molar-refractivity contribution is -0.122. The molecule has 0 aromatic carbocycles. The largest absolute Gasteiger partial charge is 0.369 e. The van der Waals surface area contributed by atoms with Crippen molar-refractivity contribution in [1.29, 1.82) is 0 Å². The second-order valence-corrected chi connectivity index (χ2v) is 5.50. The quantitative estimate of drug-likeness (QED) is 0.740. The number of H-pyrrole nitrogens is 1. The molecule has 8 heteroatoms. The van der Waals surface area contributed by atoms with Crippen molar-refractivity contribution in [3.8, 4) is 0 Å². The number of fused-ring (bicyclic) bond motifs is 1. The predicted molar refractivity (Wildman–Crippen MR) is 80.9 cm³/mol. The molecule has 2 aromatic rings. The molecule has 0 atom stereocenters. The summed E-state index contributed by atoms with van der Waals surface area (Å²) < 4.78 is 0. The summed E-state index contributed by atoms with van der Waals surface area (Å²) in [5, 5.41) is 10.4. The van der Waals surface area contributed by atoms with Crippen LogP contribution in [0.1, 0.15) is 12.8 Å². The maximum atomic E-state index is 12.4. The molecular formula is C14H18N6O2. The Hall–Kier alpha value is -2.48. The van der Waals surface area contributed by atoms with Crippen molar-refractivity contribution in [1.82, 2.24) is 20.1 Å². The average molecular weight is 302 g/mol. The maximum Gasteiger partial charge on any atom is 0.231 e. The Morgan fingerprint density at radius 3 is 2.91 bits per heavy atom. The Bertz CT molecular complexity index is 689. The minimum atomic E-state index is -0.331. The van der Waals surface area contributed by atoms with Crippen molar-refractivity contribution in [3.63, 3.8) is 0 Å². The summed E-state index contributed by atoms with van der Waals surface area (Å²) in [5.41, 5.74) is 6.55. The molecule has 0 aliphatic carbocycles. The fraction of sp³-hybridized carbons (Fsp3) is 0.429. The van der Waals surface area contributed by atoms with Gasteiger partial charge in [0.05, 0.1) is 23.8 Å². The molecule has 0 bridgehead atoms. The van der Waals surface area contributed by atoms with E-state index in [9.17, 15) is 9.59 Å². The number of aromatic amines is 1. The van der Waals surface area contributed by atoms with Crippen LogP contribution in [0.2, 0.25) is 0 Å². The normalized spacial score (nSPS) is 16.7. The Kier molecular flexibility index (Phi) is 4.01. The summed E-state index contributed by atoms with van der Waals surface area (Å²) in [7, 11) is 0. The van der Waals surface area contributed by atoms with E-state index in [0.717, 1.165) is 18.2 Å². The minimum Gasteiger partial charge on any atom is -0.369 e. The molecule has 116 valence electrons. The van der Waals surface area contributed by atoms with Crippen LogP contribution in [0.4, 0.5) is 5.69 Å². The zero-order valence-electron chi connectivity index (χ0n) is 12.1. The van der Waals surface area contributed by atoms with Gasteiger partial charge in [0, 0.05) is 12.1 Å². The van der Waals surface area contributed by atoms with Crippen LogP contribution in [0.3, 0.4) is 0 Å². The molecule has 1 fully saturated rings. The summed E-state index contributed by atoms with van der Waals surface area (Å²) in [5.74, 6) is -0.395. The van der Waals surface area contributed by atoms with Crippen LogP contribution < -0.4 is 11.1 Å². The molecule has 22 heavy (non-hydrogen) atoms. The van der Waals surface area contributed by atoms with E-state index in [-0.39, 0.29) is 24.3 Å². The van der Waals surface area contributed by atoms with E-state index >= 15 is 0 Å². The van der Waals surface area contributed by atoms with Gasteiger partial charge in [-0.05, 0) is 32.0 Å². The minimum absolute atomic E-state index is 0.00701. The number of nitrogens with two attached hydrogens (primary N) is 1. The van der Waals surface area contributed by atoms with E-state index in [0.29, 0.717) is 24.4 Å².